The van der Waals surface area contributed by atoms with Gasteiger partial charge in [0.05, 0.1) is 0 Å². The molecule has 0 aliphatic heterocycles. The molecule has 4 rings (SSSR count). The second kappa shape index (κ2) is 9.69. The molecule has 9 heteroatoms. The van der Waals surface area contributed by atoms with Crippen molar-refractivity contribution >= 4 is 5.84 Å². The maximum Gasteiger partial charge on any atom is 0.267 e. The lowest BCUT2D eigenvalue weighted by Crippen LogP contribution is -2.13. The molecule has 0 saturated heterocycles. The standard InChI is InChI=1S/C23H20FN5O3/c1-15-4-5-18(11-20(15)24)23-27-21(32-29-23)14-31-28-22(25)17-6-8-19(9-7-17)30-13-16-3-2-10-26-12-16/h2-12H,13-14H2,1H3,(H2,25,28). The number of hydrogen-bond acceptors (Lipinski definition) is 7. The molecule has 0 aliphatic rings. The van der Waals surface area contributed by atoms with Gasteiger partial charge in [0.25, 0.3) is 5.89 Å². The van der Waals surface area contributed by atoms with E-state index in [0.29, 0.717) is 29.0 Å². The molecular formula is C23H20FN5O3. The number of aromatic nitrogens is 3. The van der Waals surface area contributed by atoms with Gasteiger partial charge in [0.15, 0.2) is 12.4 Å². The first-order chi connectivity index (χ1) is 15.6. The van der Waals surface area contributed by atoms with Crippen molar-refractivity contribution in [3.05, 3.63) is 95.4 Å². The number of rotatable bonds is 8. The smallest absolute Gasteiger partial charge is 0.267 e. The zero-order chi connectivity index (χ0) is 22.3. The van der Waals surface area contributed by atoms with Gasteiger partial charge in [0.1, 0.15) is 18.2 Å². The molecule has 0 atom stereocenters. The first-order valence-electron chi connectivity index (χ1n) is 9.75. The van der Waals surface area contributed by atoms with Crippen molar-refractivity contribution in [2.45, 2.75) is 20.1 Å². The van der Waals surface area contributed by atoms with E-state index in [4.69, 9.17) is 19.8 Å². The van der Waals surface area contributed by atoms with Crippen LogP contribution in [0.15, 0.2) is 76.7 Å². The SMILES string of the molecule is Cc1ccc(-c2noc(CON=C(N)c3ccc(OCc4cccnc4)cc3)n2)cc1F. The molecule has 0 aliphatic carbocycles. The number of hydrogen-bond donors (Lipinski definition) is 1. The van der Waals surface area contributed by atoms with Crippen LogP contribution in [-0.4, -0.2) is 21.0 Å². The van der Waals surface area contributed by atoms with Crippen molar-refractivity contribution in [3.63, 3.8) is 0 Å². The molecule has 0 fully saturated rings. The van der Waals surface area contributed by atoms with Gasteiger partial charge in [-0.25, -0.2) is 4.39 Å². The topological polar surface area (TPSA) is 109 Å². The van der Waals surface area contributed by atoms with E-state index >= 15 is 0 Å². The third-order valence-corrected chi connectivity index (χ3v) is 4.53. The first kappa shape index (κ1) is 21.0. The van der Waals surface area contributed by atoms with E-state index in [1.807, 2.05) is 12.1 Å². The Labute approximate surface area is 183 Å². The molecule has 2 aromatic carbocycles. The summed E-state index contributed by atoms with van der Waals surface area (Å²) in [7, 11) is 0. The largest absolute Gasteiger partial charge is 0.489 e. The van der Waals surface area contributed by atoms with Crippen LogP contribution in [-0.2, 0) is 18.1 Å². The van der Waals surface area contributed by atoms with Crippen molar-refractivity contribution in [1.29, 1.82) is 0 Å². The molecule has 2 aromatic heterocycles. The second-order valence-corrected chi connectivity index (χ2v) is 6.90. The fourth-order valence-electron chi connectivity index (χ4n) is 2.74. The number of pyridine rings is 1. The molecule has 0 spiro atoms. The van der Waals surface area contributed by atoms with Crippen molar-refractivity contribution in [3.8, 4) is 17.1 Å². The summed E-state index contributed by atoms with van der Waals surface area (Å²) in [6.07, 6.45) is 3.47. The molecular weight excluding hydrogens is 413 g/mol. The summed E-state index contributed by atoms with van der Waals surface area (Å²) in [5.41, 5.74) is 8.66. The summed E-state index contributed by atoms with van der Waals surface area (Å²) in [5, 5.41) is 7.71. The highest BCUT2D eigenvalue weighted by Crippen LogP contribution is 2.19. The van der Waals surface area contributed by atoms with Crippen LogP contribution in [0.25, 0.3) is 11.4 Å². The van der Waals surface area contributed by atoms with Crippen LogP contribution >= 0.6 is 0 Å². The lowest BCUT2D eigenvalue weighted by atomic mass is 10.1. The molecule has 4 aromatic rings. The number of nitrogens with two attached hydrogens (primary N) is 1. The summed E-state index contributed by atoms with van der Waals surface area (Å²) in [4.78, 5) is 13.4. The van der Waals surface area contributed by atoms with Crippen LogP contribution in [0.2, 0.25) is 0 Å². The highest BCUT2D eigenvalue weighted by molar-refractivity contribution is 5.97. The molecule has 0 saturated carbocycles. The van der Waals surface area contributed by atoms with Crippen molar-refractivity contribution in [1.82, 2.24) is 15.1 Å². The van der Waals surface area contributed by atoms with Crippen LogP contribution in [0.5, 0.6) is 5.75 Å². The third-order valence-electron chi connectivity index (χ3n) is 4.53. The molecule has 0 unspecified atom stereocenters. The average molecular weight is 433 g/mol. The molecule has 0 bridgehead atoms. The number of nitrogens with zero attached hydrogens (tertiary/aromatic N) is 4. The summed E-state index contributed by atoms with van der Waals surface area (Å²) in [5.74, 6) is 0.996. The molecule has 162 valence electrons. The van der Waals surface area contributed by atoms with Gasteiger partial charge in [-0.05, 0) is 48.9 Å². The Balaban J connectivity index is 1.31. The lowest BCUT2D eigenvalue weighted by molar-refractivity contribution is 0.105. The molecule has 0 amide bonds. The Bertz CT molecular complexity index is 1210. The van der Waals surface area contributed by atoms with Crippen LogP contribution in [0.4, 0.5) is 4.39 Å². The number of benzene rings is 2. The van der Waals surface area contributed by atoms with E-state index in [1.54, 1.807) is 55.7 Å². The maximum absolute atomic E-state index is 13.7. The second-order valence-electron chi connectivity index (χ2n) is 6.90. The van der Waals surface area contributed by atoms with Gasteiger partial charge >= 0.3 is 0 Å². The molecule has 8 nitrogen and oxygen atoms in total. The van der Waals surface area contributed by atoms with Gasteiger partial charge in [-0.3, -0.25) is 4.98 Å². The number of ether oxygens (including phenoxy) is 1. The number of aryl methyl sites for hydroxylation is 1. The van der Waals surface area contributed by atoms with Gasteiger partial charge in [0, 0.05) is 29.1 Å². The quantitative estimate of drug-likeness (QED) is 0.254. The highest BCUT2D eigenvalue weighted by Gasteiger charge is 2.11. The van der Waals surface area contributed by atoms with E-state index in [0.717, 1.165) is 5.56 Å². The average Bonchev–Trinajstić information content (AvgIpc) is 3.29. The van der Waals surface area contributed by atoms with E-state index in [-0.39, 0.29) is 30.0 Å². The number of oxime groups is 1. The Morgan fingerprint density at radius 3 is 2.72 bits per heavy atom. The van der Waals surface area contributed by atoms with E-state index in [1.165, 1.54) is 6.07 Å². The van der Waals surface area contributed by atoms with E-state index in [2.05, 4.69) is 20.3 Å². The van der Waals surface area contributed by atoms with Crippen molar-refractivity contribution in [2.24, 2.45) is 10.9 Å². The minimum absolute atomic E-state index is 0.0751. The zero-order valence-corrected chi connectivity index (χ0v) is 17.2. The fraction of sp³-hybridized carbons (Fsp3) is 0.130. The Kier molecular flexibility index (Phi) is 6.35. The van der Waals surface area contributed by atoms with Gasteiger partial charge in [-0.1, -0.05) is 28.5 Å². The first-order valence-corrected chi connectivity index (χ1v) is 9.75. The Morgan fingerprint density at radius 1 is 1.12 bits per heavy atom. The van der Waals surface area contributed by atoms with E-state index in [9.17, 15) is 4.39 Å². The normalized spacial score (nSPS) is 11.4. The molecule has 32 heavy (non-hydrogen) atoms. The van der Waals surface area contributed by atoms with Gasteiger partial charge in [-0.2, -0.15) is 4.98 Å². The van der Waals surface area contributed by atoms with E-state index < -0.39 is 0 Å². The summed E-state index contributed by atoms with van der Waals surface area (Å²) < 4.78 is 24.5. The predicted octanol–water partition coefficient (Wildman–Crippen LogP) is 4.00. The van der Waals surface area contributed by atoms with Gasteiger partial charge < -0.3 is 19.8 Å². The molecule has 2 N–H and O–H groups in total. The Hall–Kier alpha value is -4.27. The van der Waals surface area contributed by atoms with Gasteiger partial charge in [-0.15, -0.1) is 0 Å². The van der Waals surface area contributed by atoms with Crippen molar-refractivity contribution < 1.29 is 18.5 Å². The lowest BCUT2D eigenvalue weighted by Gasteiger charge is -2.07. The van der Waals surface area contributed by atoms with Gasteiger partial charge in [0.2, 0.25) is 5.82 Å². The Morgan fingerprint density at radius 2 is 1.97 bits per heavy atom. The van der Waals surface area contributed by atoms with Crippen LogP contribution in [0.3, 0.4) is 0 Å². The van der Waals surface area contributed by atoms with Crippen LogP contribution in [0.1, 0.15) is 22.6 Å². The summed E-state index contributed by atoms with van der Waals surface area (Å²) in [6.45, 7) is 2.02. The maximum atomic E-state index is 13.7. The zero-order valence-electron chi connectivity index (χ0n) is 17.2. The highest BCUT2D eigenvalue weighted by atomic mass is 19.1. The molecule has 2 heterocycles. The number of halogens is 1. The third kappa shape index (κ3) is 5.25. The molecule has 0 radical (unpaired) electrons. The minimum Gasteiger partial charge on any atom is -0.489 e. The fourth-order valence-corrected chi connectivity index (χ4v) is 2.74. The minimum atomic E-state index is -0.337. The summed E-state index contributed by atoms with van der Waals surface area (Å²) in [6, 6.07) is 15.6. The summed E-state index contributed by atoms with van der Waals surface area (Å²) >= 11 is 0. The van der Waals surface area contributed by atoms with Crippen molar-refractivity contribution in [2.75, 3.05) is 0 Å². The predicted molar refractivity (Wildman–Crippen MR) is 115 cm³/mol. The number of amidine groups is 1. The van der Waals surface area contributed by atoms with Crippen LogP contribution in [0, 0.1) is 12.7 Å². The van der Waals surface area contributed by atoms with Crippen LogP contribution < -0.4 is 10.5 Å². The monoisotopic (exact) mass is 433 g/mol.